The van der Waals surface area contributed by atoms with E-state index in [0.717, 1.165) is 0 Å². The molecule has 3 nitrogen and oxygen atoms in total. The molecule has 0 amide bonds. The summed E-state index contributed by atoms with van der Waals surface area (Å²) in [6, 6.07) is 0. The van der Waals surface area contributed by atoms with Crippen LogP contribution in [0.1, 0.15) is 13.3 Å². The van der Waals surface area contributed by atoms with Crippen LogP contribution in [0.3, 0.4) is 0 Å². The molecule has 0 aromatic heterocycles. The molecule has 0 saturated heterocycles. The number of alkyl halides is 4. The van der Waals surface area contributed by atoms with Crippen molar-refractivity contribution >= 4 is 5.97 Å². The number of carbonyl (C=O) groups excluding carboxylic acids is 1. The van der Waals surface area contributed by atoms with Gasteiger partial charge in [0.15, 0.2) is 6.61 Å². The van der Waals surface area contributed by atoms with E-state index in [9.17, 15) is 22.4 Å². The molecule has 0 aliphatic rings. The van der Waals surface area contributed by atoms with E-state index in [0.29, 0.717) is 13.0 Å². The van der Waals surface area contributed by atoms with E-state index >= 15 is 0 Å². The fourth-order valence-electron chi connectivity index (χ4n) is 0.725. The maximum absolute atomic E-state index is 12.4. The van der Waals surface area contributed by atoms with Crippen LogP contribution in [0.25, 0.3) is 0 Å². The molecule has 0 heterocycles. The normalized spacial score (nSPS) is 11.6. The zero-order chi connectivity index (χ0) is 13.5. The van der Waals surface area contributed by atoms with Gasteiger partial charge in [-0.1, -0.05) is 13.5 Å². The molecule has 0 aromatic carbocycles. The first-order valence-corrected chi connectivity index (χ1v) is 4.90. The van der Waals surface area contributed by atoms with Gasteiger partial charge in [0.25, 0.3) is 0 Å². The largest absolute Gasteiger partial charge is 0.456 e. The van der Waals surface area contributed by atoms with Gasteiger partial charge in [-0.05, 0) is 6.42 Å². The Morgan fingerprint density at radius 2 is 2.00 bits per heavy atom. The van der Waals surface area contributed by atoms with Crippen molar-refractivity contribution in [2.75, 3.05) is 19.8 Å². The van der Waals surface area contributed by atoms with Crippen LogP contribution >= 0.6 is 0 Å². The quantitative estimate of drug-likeness (QED) is 0.290. The summed E-state index contributed by atoms with van der Waals surface area (Å²) in [5.41, 5.74) is -0.191. The Morgan fingerprint density at radius 1 is 1.41 bits per heavy atom. The number of ether oxygens (including phenoxy) is 2. The molecular formula is C10H14F4O3. The van der Waals surface area contributed by atoms with Crippen molar-refractivity contribution in [2.24, 2.45) is 0 Å². The third-order valence-corrected chi connectivity index (χ3v) is 1.63. The lowest BCUT2D eigenvalue weighted by Gasteiger charge is -2.15. The number of hydrogen-bond donors (Lipinski definition) is 0. The molecule has 0 rings (SSSR count). The summed E-state index contributed by atoms with van der Waals surface area (Å²) >= 11 is 0. The second kappa shape index (κ2) is 7.26. The van der Waals surface area contributed by atoms with Crippen LogP contribution in [0, 0.1) is 0 Å². The average molecular weight is 258 g/mol. The minimum absolute atomic E-state index is 0.174. The Morgan fingerprint density at radius 3 is 2.47 bits per heavy atom. The number of halogens is 4. The molecule has 0 atom stereocenters. The second-order valence-electron chi connectivity index (χ2n) is 3.29. The highest BCUT2D eigenvalue weighted by molar-refractivity contribution is 5.87. The number of rotatable bonds is 8. The standard InChI is InChI=1S/C10H14F4O3/c1-3-4-16-5-7(2)8(15)17-6-10(13,14)9(11)12/h9H,2-6H2,1H3. The summed E-state index contributed by atoms with van der Waals surface area (Å²) in [7, 11) is 0. The molecule has 7 heteroatoms. The van der Waals surface area contributed by atoms with Crippen molar-refractivity contribution in [3.05, 3.63) is 12.2 Å². The van der Waals surface area contributed by atoms with E-state index in [2.05, 4.69) is 11.3 Å². The summed E-state index contributed by atoms with van der Waals surface area (Å²) in [4.78, 5) is 11.0. The Kier molecular flexibility index (Phi) is 6.79. The van der Waals surface area contributed by atoms with Crippen LogP contribution in [-0.2, 0) is 14.3 Å². The van der Waals surface area contributed by atoms with Crippen molar-refractivity contribution < 1.29 is 31.8 Å². The van der Waals surface area contributed by atoms with Gasteiger partial charge in [-0.25, -0.2) is 13.6 Å². The van der Waals surface area contributed by atoms with Gasteiger partial charge < -0.3 is 9.47 Å². The van der Waals surface area contributed by atoms with Gasteiger partial charge >= 0.3 is 18.3 Å². The predicted octanol–water partition coefficient (Wildman–Crippen LogP) is 2.41. The number of hydrogen-bond acceptors (Lipinski definition) is 3. The minimum atomic E-state index is -4.35. The molecule has 0 saturated carbocycles. The van der Waals surface area contributed by atoms with Crippen molar-refractivity contribution in [1.29, 1.82) is 0 Å². The monoisotopic (exact) mass is 258 g/mol. The van der Waals surface area contributed by atoms with Crippen molar-refractivity contribution in [3.8, 4) is 0 Å². The van der Waals surface area contributed by atoms with E-state index < -0.39 is 24.9 Å². The zero-order valence-corrected chi connectivity index (χ0v) is 9.35. The summed E-state index contributed by atoms with van der Waals surface area (Å²) in [6.45, 7) is 3.61. The van der Waals surface area contributed by atoms with Crippen LogP contribution in [0.15, 0.2) is 12.2 Å². The minimum Gasteiger partial charge on any atom is -0.456 e. The van der Waals surface area contributed by atoms with Gasteiger partial charge in [0, 0.05) is 6.61 Å². The van der Waals surface area contributed by atoms with E-state index in [1.807, 2.05) is 6.92 Å². The first-order valence-electron chi connectivity index (χ1n) is 4.90. The van der Waals surface area contributed by atoms with E-state index in [1.54, 1.807) is 0 Å². The molecule has 0 aliphatic carbocycles. The Bertz CT molecular complexity index is 266. The third-order valence-electron chi connectivity index (χ3n) is 1.63. The summed E-state index contributed by atoms with van der Waals surface area (Å²) in [5, 5.41) is 0. The Balaban J connectivity index is 3.97. The fraction of sp³-hybridized carbons (Fsp3) is 0.700. The van der Waals surface area contributed by atoms with E-state index in [4.69, 9.17) is 4.74 Å². The summed E-state index contributed by atoms with van der Waals surface area (Å²) in [5.74, 6) is -5.51. The number of esters is 1. The maximum Gasteiger partial charge on any atom is 0.340 e. The Hall–Kier alpha value is -1.11. The van der Waals surface area contributed by atoms with Gasteiger partial charge in [0.05, 0.1) is 12.2 Å². The smallest absolute Gasteiger partial charge is 0.340 e. The molecule has 100 valence electrons. The van der Waals surface area contributed by atoms with Crippen LogP contribution < -0.4 is 0 Å². The van der Waals surface area contributed by atoms with Gasteiger partial charge in [0.2, 0.25) is 0 Å². The lowest BCUT2D eigenvalue weighted by molar-refractivity contribution is -0.177. The summed E-state index contributed by atoms with van der Waals surface area (Å²) < 4.78 is 57.1. The van der Waals surface area contributed by atoms with Gasteiger partial charge in [0.1, 0.15) is 0 Å². The van der Waals surface area contributed by atoms with Crippen molar-refractivity contribution in [1.82, 2.24) is 0 Å². The molecular weight excluding hydrogens is 244 g/mol. The molecule has 17 heavy (non-hydrogen) atoms. The molecule has 0 bridgehead atoms. The lowest BCUT2D eigenvalue weighted by atomic mass is 10.3. The first-order chi connectivity index (χ1) is 7.81. The highest BCUT2D eigenvalue weighted by Gasteiger charge is 2.42. The topological polar surface area (TPSA) is 35.5 Å². The van der Waals surface area contributed by atoms with E-state index in [-0.39, 0.29) is 12.2 Å². The molecule has 0 fully saturated rings. The van der Waals surface area contributed by atoms with Crippen LogP contribution in [0.4, 0.5) is 17.6 Å². The van der Waals surface area contributed by atoms with Gasteiger partial charge in [-0.15, -0.1) is 0 Å². The molecule has 0 aliphatic heterocycles. The van der Waals surface area contributed by atoms with Gasteiger partial charge in [-0.3, -0.25) is 0 Å². The molecule has 0 N–H and O–H groups in total. The maximum atomic E-state index is 12.4. The average Bonchev–Trinajstić information content (AvgIpc) is 2.26. The van der Waals surface area contributed by atoms with Crippen LogP contribution in [0.2, 0.25) is 0 Å². The molecule has 0 spiro atoms. The fourth-order valence-corrected chi connectivity index (χ4v) is 0.725. The second-order valence-corrected chi connectivity index (χ2v) is 3.29. The number of carbonyl (C=O) groups is 1. The molecule has 0 unspecified atom stereocenters. The zero-order valence-electron chi connectivity index (χ0n) is 9.35. The van der Waals surface area contributed by atoms with Crippen LogP contribution in [-0.4, -0.2) is 38.1 Å². The van der Waals surface area contributed by atoms with E-state index in [1.165, 1.54) is 0 Å². The molecule has 0 aromatic rings. The van der Waals surface area contributed by atoms with Crippen molar-refractivity contribution in [3.63, 3.8) is 0 Å². The molecule has 0 radical (unpaired) electrons. The Labute approximate surface area is 96.4 Å². The highest BCUT2D eigenvalue weighted by Crippen LogP contribution is 2.23. The van der Waals surface area contributed by atoms with Crippen LogP contribution in [0.5, 0.6) is 0 Å². The van der Waals surface area contributed by atoms with Crippen molar-refractivity contribution in [2.45, 2.75) is 25.7 Å². The third kappa shape index (κ3) is 6.25. The van der Waals surface area contributed by atoms with Gasteiger partial charge in [-0.2, -0.15) is 8.78 Å². The predicted molar refractivity (Wildman–Crippen MR) is 52.2 cm³/mol. The lowest BCUT2D eigenvalue weighted by Crippen LogP contribution is -2.33. The summed E-state index contributed by atoms with van der Waals surface area (Å²) in [6.07, 6.45) is -3.16. The first kappa shape index (κ1) is 15.9. The highest BCUT2D eigenvalue weighted by atomic mass is 19.3. The SMILES string of the molecule is C=C(COCCC)C(=O)OCC(F)(F)C(F)F.